The third-order valence-electron chi connectivity index (χ3n) is 9.21. The molecule has 0 spiro atoms. The summed E-state index contributed by atoms with van der Waals surface area (Å²) in [6.45, 7) is 2.87. The maximum Gasteiger partial charge on any atom is 0.305 e. The minimum atomic E-state index is -0.282. The summed E-state index contributed by atoms with van der Waals surface area (Å²) in [5, 5.41) is 0.744. The van der Waals surface area contributed by atoms with Gasteiger partial charge in [0.05, 0.1) is 12.8 Å². The second-order valence-corrected chi connectivity index (χ2v) is 14.0. The van der Waals surface area contributed by atoms with Gasteiger partial charge < -0.3 is 14.5 Å². The van der Waals surface area contributed by atoms with Crippen LogP contribution in [0.3, 0.4) is 0 Å². The lowest BCUT2D eigenvalue weighted by Crippen LogP contribution is -2.43. The number of piperidine rings is 2. The molecule has 2 amide bonds. The van der Waals surface area contributed by atoms with Gasteiger partial charge in [-0.3, -0.25) is 19.4 Å². The third-order valence-corrected chi connectivity index (χ3v) is 10.5. The average molecular weight is 724 g/mol. The smallest absolute Gasteiger partial charge is 0.305 e. The van der Waals surface area contributed by atoms with Crippen molar-refractivity contribution in [1.82, 2.24) is 14.8 Å². The molecule has 42 heavy (non-hydrogen) atoms. The van der Waals surface area contributed by atoms with Crippen LogP contribution < -0.4 is 0 Å². The number of hydrogen-bond acceptors (Lipinski definition) is 5. The van der Waals surface area contributed by atoms with Gasteiger partial charge in [-0.1, -0.05) is 27.5 Å². The molecule has 226 valence electrons. The number of esters is 1. The van der Waals surface area contributed by atoms with Crippen molar-refractivity contribution in [1.29, 1.82) is 0 Å². The maximum atomic E-state index is 13.3. The van der Waals surface area contributed by atoms with Crippen molar-refractivity contribution in [3.05, 3.63) is 60.7 Å². The average Bonchev–Trinajstić information content (AvgIpc) is 3.14. The van der Waals surface area contributed by atoms with Crippen LogP contribution >= 0.6 is 43.5 Å². The van der Waals surface area contributed by atoms with E-state index >= 15 is 0 Å². The van der Waals surface area contributed by atoms with Crippen LogP contribution in [0, 0.1) is 11.8 Å². The molecule has 0 N–H and O–H groups in total. The van der Waals surface area contributed by atoms with Crippen LogP contribution in [0.5, 0.6) is 0 Å². The summed E-state index contributed by atoms with van der Waals surface area (Å²) >= 11 is 13.9. The number of rotatable bonds is 7. The monoisotopic (exact) mass is 721 g/mol. The number of halogens is 3. The zero-order valence-corrected chi connectivity index (χ0v) is 28.0. The fourth-order valence-corrected chi connectivity index (χ4v) is 8.42. The minimum Gasteiger partial charge on any atom is -0.469 e. The van der Waals surface area contributed by atoms with Crippen LogP contribution in [0.2, 0.25) is 5.02 Å². The van der Waals surface area contributed by atoms with Crippen LogP contribution in [0.15, 0.2) is 33.3 Å². The normalized spacial score (nSPS) is 19.6. The highest BCUT2D eigenvalue weighted by Gasteiger charge is 2.37. The number of fused-ring (bicyclic) bond motifs is 2. The van der Waals surface area contributed by atoms with E-state index in [-0.39, 0.29) is 30.1 Å². The lowest BCUT2D eigenvalue weighted by molar-refractivity contribution is -0.141. The summed E-state index contributed by atoms with van der Waals surface area (Å²) in [5.74, 6) is 0.873. The summed E-state index contributed by atoms with van der Waals surface area (Å²) in [5.41, 5.74) is 5.00. The van der Waals surface area contributed by atoms with E-state index < -0.39 is 0 Å². The van der Waals surface area contributed by atoms with E-state index in [4.69, 9.17) is 16.6 Å². The second kappa shape index (κ2) is 14.2. The van der Waals surface area contributed by atoms with E-state index in [1.165, 1.54) is 23.8 Å². The second-order valence-electron chi connectivity index (χ2n) is 11.8. The standard InChI is InChI=1S/C32H38Br2ClN3O4/c1-42-29(41)4-2-3-27(39)37-11-7-20(8-12-37)15-28(40)38-13-9-21(10-14-38)31-30-22(17-25(35)18-26(30)34)5-6-23-16-24(33)19-36-32(23)31/h16-21,31H,2-15H2,1H3. The van der Waals surface area contributed by atoms with Crippen LogP contribution in [0.25, 0.3) is 0 Å². The number of nitrogens with zero attached hydrogens (tertiary/aromatic N) is 3. The van der Waals surface area contributed by atoms with E-state index in [1.54, 1.807) is 0 Å². The van der Waals surface area contributed by atoms with E-state index in [9.17, 15) is 14.4 Å². The Hall–Kier alpha value is -1.97. The van der Waals surface area contributed by atoms with Gasteiger partial charge >= 0.3 is 5.97 Å². The fourth-order valence-electron chi connectivity index (χ4n) is 6.92. The molecule has 3 aliphatic rings. The van der Waals surface area contributed by atoms with Crippen molar-refractivity contribution in [2.24, 2.45) is 11.8 Å². The molecule has 0 bridgehead atoms. The topological polar surface area (TPSA) is 79.8 Å². The van der Waals surface area contributed by atoms with Gasteiger partial charge in [0.15, 0.2) is 0 Å². The predicted octanol–water partition coefficient (Wildman–Crippen LogP) is 6.70. The van der Waals surface area contributed by atoms with Crippen LogP contribution in [-0.2, 0) is 32.0 Å². The van der Waals surface area contributed by atoms with Gasteiger partial charge in [0.1, 0.15) is 0 Å². The van der Waals surface area contributed by atoms with E-state index in [1.807, 2.05) is 22.1 Å². The van der Waals surface area contributed by atoms with Gasteiger partial charge in [0.2, 0.25) is 11.8 Å². The Morgan fingerprint density at radius 3 is 2.31 bits per heavy atom. The van der Waals surface area contributed by atoms with E-state index in [2.05, 4.69) is 48.7 Å². The molecule has 1 aromatic carbocycles. The summed E-state index contributed by atoms with van der Waals surface area (Å²) in [6.07, 6.45) is 8.99. The summed E-state index contributed by atoms with van der Waals surface area (Å²) in [4.78, 5) is 46.0. The first-order chi connectivity index (χ1) is 20.2. The molecule has 10 heteroatoms. The SMILES string of the molecule is COC(=O)CCCC(=O)N1CCC(CC(=O)N2CCC(C3c4ncc(Br)cc4CCc4cc(Cl)cc(Br)c43)CC2)CC1. The molecule has 0 saturated carbocycles. The number of benzene rings is 1. The summed E-state index contributed by atoms with van der Waals surface area (Å²) in [7, 11) is 1.36. The van der Waals surface area contributed by atoms with E-state index in [0.717, 1.165) is 71.3 Å². The number of ether oxygens (including phenoxy) is 1. The number of aromatic nitrogens is 1. The Morgan fingerprint density at radius 2 is 1.60 bits per heavy atom. The molecule has 1 aromatic heterocycles. The molecule has 2 fully saturated rings. The minimum absolute atomic E-state index is 0.0863. The summed E-state index contributed by atoms with van der Waals surface area (Å²) < 4.78 is 6.69. The van der Waals surface area contributed by atoms with Gasteiger partial charge in [0.25, 0.3) is 0 Å². The Labute approximate surface area is 270 Å². The molecule has 1 aliphatic carbocycles. The lowest BCUT2D eigenvalue weighted by atomic mass is 9.76. The molecule has 2 aliphatic heterocycles. The van der Waals surface area contributed by atoms with Gasteiger partial charge in [-0.2, -0.15) is 0 Å². The first-order valence-electron chi connectivity index (χ1n) is 15.0. The Balaban J connectivity index is 1.17. The number of hydrogen-bond donors (Lipinski definition) is 0. The molecular weight excluding hydrogens is 686 g/mol. The van der Waals surface area contributed by atoms with Gasteiger partial charge in [-0.05, 0) is 108 Å². The predicted molar refractivity (Wildman–Crippen MR) is 169 cm³/mol. The highest BCUT2D eigenvalue weighted by Crippen LogP contribution is 2.46. The van der Waals surface area contributed by atoms with E-state index in [0.29, 0.717) is 44.2 Å². The molecule has 5 rings (SSSR count). The van der Waals surface area contributed by atoms with Crippen LogP contribution in [-0.4, -0.2) is 65.9 Å². The molecular formula is C32H38Br2ClN3O4. The van der Waals surface area contributed by atoms with Crippen molar-refractivity contribution in [2.45, 2.75) is 70.1 Å². The number of carbonyl (C=O) groups excluding carboxylic acids is 3. The Kier molecular flexibility index (Phi) is 10.6. The van der Waals surface area contributed by atoms with Crippen molar-refractivity contribution in [3.8, 4) is 0 Å². The molecule has 1 unspecified atom stereocenters. The van der Waals surface area contributed by atoms with Gasteiger partial charge in [0, 0.05) is 71.5 Å². The lowest BCUT2D eigenvalue weighted by Gasteiger charge is -2.38. The number of amides is 2. The third kappa shape index (κ3) is 7.39. The zero-order valence-electron chi connectivity index (χ0n) is 24.0. The highest BCUT2D eigenvalue weighted by molar-refractivity contribution is 9.10. The molecule has 7 nitrogen and oxygen atoms in total. The largest absolute Gasteiger partial charge is 0.469 e. The number of carbonyl (C=O) groups is 3. The summed E-state index contributed by atoms with van der Waals surface area (Å²) in [6, 6.07) is 6.31. The zero-order chi connectivity index (χ0) is 29.8. The van der Waals surface area contributed by atoms with Crippen molar-refractivity contribution >= 4 is 61.2 Å². The first-order valence-corrected chi connectivity index (χ1v) is 16.9. The molecule has 1 atom stereocenters. The Bertz CT molecular complexity index is 1320. The number of methoxy groups -OCH3 is 1. The highest BCUT2D eigenvalue weighted by atomic mass is 79.9. The van der Waals surface area contributed by atoms with Crippen LogP contribution in [0.4, 0.5) is 0 Å². The van der Waals surface area contributed by atoms with Crippen molar-refractivity contribution in [3.63, 3.8) is 0 Å². The first kappa shape index (κ1) is 31.5. The molecule has 3 heterocycles. The van der Waals surface area contributed by atoms with Crippen molar-refractivity contribution < 1.29 is 19.1 Å². The fraction of sp³-hybridized carbons (Fsp3) is 0.562. The van der Waals surface area contributed by atoms with Crippen molar-refractivity contribution in [2.75, 3.05) is 33.3 Å². The number of aryl methyl sites for hydroxylation is 2. The van der Waals surface area contributed by atoms with Crippen LogP contribution in [0.1, 0.15) is 79.7 Å². The van der Waals surface area contributed by atoms with Gasteiger partial charge in [-0.15, -0.1) is 0 Å². The molecule has 2 saturated heterocycles. The number of pyridine rings is 1. The number of likely N-dealkylation sites (tertiary alicyclic amines) is 2. The Morgan fingerprint density at radius 1 is 0.929 bits per heavy atom. The van der Waals surface area contributed by atoms with Gasteiger partial charge in [-0.25, -0.2) is 0 Å². The quantitative estimate of drug-likeness (QED) is 0.297. The molecule has 2 aromatic rings. The molecule has 0 radical (unpaired) electrons. The maximum absolute atomic E-state index is 13.3.